The van der Waals surface area contributed by atoms with Crippen molar-refractivity contribution in [2.24, 2.45) is 10.4 Å². The van der Waals surface area contributed by atoms with Crippen LogP contribution in [0, 0.1) is 12.3 Å². The van der Waals surface area contributed by atoms with Gasteiger partial charge in [0.1, 0.15) is 12.0 Å². The van der Waals surface area contributed by atoms with E-state index in [1.165, 1.54) is 31.2 Å². The van der Waals surface area contributed by atoms with Crippen molar-refractivity contribution in [2.45, 2.75) is 46.1 Å². The highest BCUT2D eigenvalue weighted by Gasteiger charge is 2.43. The molecule has 0 bridgehead atoms. The summed E-state index contributed by atoms with van der Waals surface area (Å²) in [5.41, 5.74) is 3.68. The zero-order chi connectivity index (χ0) is 18.0. The minimum absolute atomic E-state index is 0.543. The topological polar surface area (TPSA) is 53.7 Å². The van der Waals surface area contributed by atoms with Crippen LogP contribution in [0.3, 0.4) is 0 Å². The average Bonchev–Trinajstić information content (AvgIpc) is 3.26. The van der Waals surface area contributed by atoms with Gasteiger partial charge >= 0.3 is 0 Å². The third-order valence-corrected chi connectivity index (χ3v) is 5.73. The first-order valence-electron chi connectivity index (χ1n) is 9.72. The second-order valence-electron chi connectivity index (χ2n) is 7.71. The van der Waals surface area contributed by atoms with Gasteiger partial charge in [0.25, 0.3) is 0 Å². The number of aromatic nitrogens is 1. The van der Waals surface area contributed by atoms with E-state index in [2.05, 4.69) is 41.2 Å². The SMILES string of the molecule is CCNC(=NCc1coc(-c2ccc(C)cc2)n1)N1CCC2(CCC2)C1. The molecule has 1 spiro atoms. The lowest BCUT2D eigenvalue weighted by Gasteiger charge is -2.38. The van der Waals surface area contributed by atoms with Crippen LogP contribution >= 0.6 is 0 Å². The fourth-order valence-corrected chi connectivity index (χ4v) is 3.99. The molecule has 1 aromatic heterocycles. The maximum absolute atomic E-state index is 5.65. The van der Waals surface area contributed by atoms with Crippen molar-refractivity contribution in [3.63, 3.8) is 0 Å². The Bertz CT molecular complexity index is 774. The standard InChI is InChI=1S/C21H28N4O/c1-3-22-20(25-12-11-21(15-25)9-4-10-21)23-13-18-14-26-19(24-18)17-7-5-16(2)6-8-17/h5-8,14H,3-4,9-13,15H2,1-2H3,(H,22,23). The van der Waals surface area contributed by atoms with Crippen molar-refractivity contribution >= 4 is 5.96 Å². The maximum atomic E-state index is 5.65. The highest BCUT2D eigenvalue weighted by Crippen LogP contribution is 2.47. The van der Waals surface area contributed by atoms with Gasteiger partial charge < -0.3 is 14.6 Å². The molecule has 5 heteroatoms. The number of nitrogens with zero attached hydrogens (tertiary/aromatic N) is 3. The van der Waals surface area contributed by atoms with Gasteiger partial charge in [0.15, 0.2) is 5.96 Å². The zero-order valence-electron chi connectivity index (χ0n) is 15.8. The van der Waals surface area contributed by atoms with Gasteiger partial charge in [-0.25, -0.2) is 9.98 Å². The molecule has 0 atom stereocenters. The summed E-state index contributed by atoms with van der Waals surface area (Å²) in [7, 11) is 0. The Morgan fingerprint density at radius 3 is 2.73 bits per heavy atom. The number of rotatable bonds is 4. The summed E-state index contributed by atoms with van der Waals surface area (Å²) in [4.78, 5) is 11.8. The summed E-state index contributed by atoms with van der Waals surface area (Å²) < 4.78 is 5.65. The van der Waals surface area contributed by atoms with Gasteiger partial charge in [-0.15, -0.1) is 0 Å². The third kappa shape index (κ3) is 3.48. The smallest absolute Gasteiger partial charge is 0.226 e. The molecule has 1 aliphatic heterocycles. The van der Waals surface area contributed by atoms with Crippen LogP contribution in [0.2, 0.25) is 0 Å². The van der Waals surface area contributed by atoms with E-state index in [0.717, 1.165) is 36.9 Å². The van der Waals surface area contributed by atoms with E-state index in [1.54, 1.807) is 6.26 Å². The molecule has 0 radical (unpaired) electrons. The molecule has 5 nitrogen and oxygen atoms in total. The van der Waals surface area contributed by atoms with E-state index in [4.69, 9.17) is 9.41 Å². The summed E-state index contributed by atoms with van der Waals surface area (Å²) in [6.45, 7) is 7.88. The van der Waals surface area contributed by atoms with E-state index >= 15 is 0 Å². The number of oxazole rings is 1. The summed E-state index contributed by atoms with van der Waals surface area (Å²) >= 11 is 0. The van der Waals surface area contributed by atoms with E-state index < -0.39 is 0 Å². The predicted octanol–water partition coefficient (Wildman–Crippen LogP) is 3.99. The van der Waals surface area contributed by atoms with Crippen LogP contribution in [0.15, 0.2) is 39.9 Å². The van der Waals surface area contributed by atoms with Crippen LogP contribution in [0.5, 0.6) is 0 Å². The van der Waals surface area contributed by atoms with Gasteiger partial charge in [0, 0.05) is 25.2 Å². The molecule has 1 saturated heterocycles. The zero-order valence-corrected chi connectivity index (χ0v) is 15.8. The summed E-state index contributed by atoms with van der Waals surface area (Å²) in [6.07, 6.45) is 7.18. The molecular formula is C21H28N4O. The summed E-state index contributed by atoms with van der Waals surface area (Å²) in [6, 6.07) is 8.23. The molecule has 1 saturated carbocycles. The van der Waals surface area contributed by atoms with Gasteiger partial charge in [0.2, 0.25) is 5.89 Å². The van der Waals surface area contributed by atoms with Crippen LogP contribution in [-0.2, 0) is 6.54 Å². The van der Waals surface area contributed by atoms with Gasteiger partial charge in [-0.2, -0.15) is 0 Å². The predicted molar refractivity (Wildman–Crippen MR) is 104 cm³/mol. The minimum Gasteiger partial charge on any atom is -0.444 e. The van der Waals surface area contributed by atoms with Crippen LogP contribution < -0.4 is 5.32 Å². The molecule has 2 aliphatic rings. The number of aryl methyl sites for hydroxylation is 1. The molecule has 4 rings (SSSR count). The van der Waals surface area contributed by atoms with E-state index in [0.29, 0.717) is 17.9 Å². The number of nitrogens with one attached hydrogen (secondary N) is 1. The summed E-state index contributed by atoms with van der Waals surface area (Å²) in [5.74, 6) is 1.67. The largest absolute Gasteiger partial charge is 0.444 e. The van der Waals surface area contributed by atoms with Crippen molar-refractivity contribution in [1.82, 2.24) is 15.2 Å². The van der Waals surface area contributed by atoms with Crippen molar-refractivity contribution in [2.75, 3.05) is 19.6 Å². The number of guanidine groups is 1. The first-order valence-corrected chi connectivity index (χ1v) is 9.72. The molecule has 0 amide bonds. The molecule has 2 fully saturated rings. The van der Waals surface area contributed by atoms with E-state index in [1.807, 2.05) is 12.1 Å². The van der Waals surface area contributed by atoms with Crippen LogP contribution in [-0.4, -0.2) is 35.5 Å². The molecule has 0 unspecified atom stereocenters. The Hall–Kier alpha value is -2.30. The number of hydrogen-bond acceptors (Lipinski definition) is 3. The monoisotopic (exact) mass is 352 g/mol. The first-order chi connectivity index (χ1) is 12.7. The molecule has 2 aromatic rings. The third-order valence-electron chi connectivity index (χ3n) is 5.73. The number of benzene rings is 1. The van der Waals surface area contributed by atoms with Crippen LogP contribution in [0.1, 0.15) is 43.9 Å². The summed E-state index contributed by atoms with van der Waals surface area (Å²) in [5, 5.41) is 3.44. The number of likely N-dealkylation sites (tertiary alicyclic amines) is 1. The van der Waals surface area contributed by atoms with Gasteiger partial charge in [0.05, 0.1) is 6.54 Å². The van der Waals surface area contributed by atoms with E-state index in [9.17, 15) is 0 Å². The Morgan fingerprint density at radius 1 is 1.27 bits per heavy atom. The second-order valence-corrected chi connectivity index (χ2v) is 7.71. The highest BCUT2D eigenvalue weighted by atomic mass is 16.3. The lowest BCUT2D eigenvalue weighted by molar-refractivity contribution is 0.151. The van der Waals surface area contributed by atoms with Crippen LogP contribution in [0.25, 0.3) is 11.5 Å². The molecule has 1 aliphatic carbocycles. The Kier molecular flexibility index (Phi) is 4.70. The van der Waals surface area contributed by atoms with Crippen LogP contribution in [0.4, 0.5) is 0 Å². The second kappa shape index (κ2) is 7.14. The van der Waals surface area contributed by atoms with Crippen molar-refractivity contribution in [3.8, 4) is 11.5 Å². The molecule has 138 valence electrons. The Balaban J connectivity index is 1.44. The Labute approximate surface area is 155 Å². The first kappa shape index (κ1) is 17.1. The van der Waals surface area contributed by atoms with Crippen molar-refractivity contribution < 1.29 is 4.42 Å². The normalized spacial score (nSPS) is 19.0. The van der Waals surface area contributed by atoms with Crippen molar-refractivity contribution in [3.05, 3.63) is 41.8 Å². The highest BCUT2D eigenvalue weighted by molar-refractivity contribution is 5.80. The minimum atomic E-state index is 0.543. The maximum Gasteiger partial charge on any atom is 0.226 e. The molecule has 1 aromatic carbocycles. The van der Waals surface area contributed by atoms with Gasteiger partial charge in [-0.05, 0) is 50.7 Å². The van der Waals surface area contributed by atoms with E-state index in [-0.39, 0.29) is 0 Å². The molecular weight excluding hydrogens is 324 g/mol. The quantitative estimate of drug-likeness (QED) is 0.668. The number of hydrogen-bond donors (Lipinski definition) is 1. The fourth-order valence-electron chi connectivity index (χ4n) is 3.99. The van der Waals surface area contributed by atoms with Gasteiger partial charge in [-0.1, -0.05) is 24.1 Å². The number of aliphatic imine (C=N–C) groups is 1. The van der Waals surface area contributed by atoms with Crippen molar-refractivity contribution in [1.29, 1.82) is 0 Å². The molecule has 1 N–H and O–H groups in total. The fraction of sp³-hybridized carbons (Fsp3) is 0.524. The molecule has 26 heavy (non-hydrogen) atoms. The lowest BCUT2D eigenvalue weighted by atomic mass is 9.68. The molecule has 2 heterocycles. The van der Waals surface area contributed by atoms with Gasteiger partial charge in [-0.3, -0.25) is 0 Å². The Morgan fingerprint density at radius 2 is 2.08 bits per heavy atom. The lowest BCUT2D eigenvalue weighted by Crippen LogP contribution is -2.42. The average molecular weight is 352 g/mol.